The van der Waals surface area contributed by atoms with Crippen LogP contribution in [0.5, 0.6) is 0 Å². The van der Waals surface area contributed by atoms with Gasteiger partial charge < -0.3 is 20.1 Å². The van der Waals surface area contributed by atoms with Gasteiger partial charge >= 0.3 is 0 Å². The molecule has 0 saturated carbocycles. The zero-order chi connectivity index (χ0) is 20.4. The quantitative estimate of drug-likeness (QED) is 0.715. The summed E-state index contributed by atoms with van der Waals surface area (Å²) in [6.07, 6.45) is 4.44. The van der Waals surface area contributed by atoms with Crippen LogP contribution in [0.25, 0.3) is 22.3 Å². The minimum absolute atomic E-state index is 0.120. The van der Waals surface area contributed by atoms with Gasteiger partial charge in [0.15, 0.2) is 0 Å². The van der Waals surface area contributed by atoms with Crippen molar-refractivity contribution >= 4 is 34.4 Å². The number of aromatic amines is 1. The molecular weight excluding hydrogens is 368 g/mol. The van der Waals surface area contributed by atoms with E-state index in [1.54, 1.807) is 13.1 Å². The molecule has 2 N–H and O–H groups in total. The first-order chi connectivity index (χ1) is 14.0. The summed E-state index contributed by atoms with van der Waals surface area (Å²) in [5, 5.41) is 3.67. The number of carbonyl (C=O) groups is 2. The fourth-order valence-electron chi connectivity index (χ4n) is 3.70. The molecule has 8 nitrogen and oxygen atoms in total. The summed E-state index contributed by atoms with van der Waals surface area (Å²) in [5.74, 6) is 0.882. The van der Waals surface area contributed by atoms with Crippen LogP contribution in [0.2, 0.25) is 0 Å². The maximum absolute atomic E-state index is 11.7. The number of carbonyl (C=O) groups excluding carboxylic acids is 2. The van der Waals surface area contributed by atoms with Gasteiger partial charge in [-0.25, -0.2) is 9.97 Å². The van der Waals surface area contributed by atoms with E-state index in [0.717, 1.165) is 54.2 Å². The number of aromatic nitrogens is 3. The molecule has 3 aromatic rings. The van der Waals surface area contributed by atoms with Crippen molar-refractivity contribution in [3.8, 4) is 11.3 Å². The van der Waals surface area contributed by atoms with Crippen LogP contribution in [-0.4, -0.2) is 57.8 Å². The highest BCUT2D eigenvalue weighted by molar-refractivity contribution is 5.97. The topological polar surface area (TPSA) is 94.2 Å². The Hall–Kier alpha value is -3.42. The predicted molar refractivity (Wildman–Crippen MR) is 113 cm³/mol. The molecule has 0 unspecified atom stereocenters. The minimum atomic E-state index is -0.135. The molecule has 4 heterocycles. The Morgan fingerprint density at radius 1 is 1.14 bits per heavy atom. The Labute approximate surface area is 168 Å². The lowest BCUT2D eigenvalue weighted by Gasteiger charge is -2.22. The maximum Gasteiger partial charge on any atom is 0.221 e. The second kappa shape index (κ2) is 7.90. The minimum Gasteiger partial charge on any atom is -0.355 e. The SMILES string of the molecule is CC(=O)Nc1cnc2[nH]cc(-c3cccc(N4CCCN(C(C)=O)CC4)n3)c2c1. The molecular formula is C21H24N6O2. The van der Waals surface area contributed by atoms with E-state index >= 15 is 0 Å². The molecule has 1 aliphatic rings. The van der Waals surface area contributed by atoms with Crippen molar-refractivity contribution in [2.75, 3.05) is 36.4 Å². The molecule has 8 heteroatoms. The predicted octanol–water partition coefficient (Wildman–Crippen LogP) is 2.64. The molecule has 2 amide bonds. The third-order valence-corrected chi connectivity index (χ3v) is 5.13. The van der Waals surface area contributed by atoms with Gasteiger partial charge in [-0.2, -0.15) is 0 Å². The van der Waals surface area contributed by atoms with Gasteiger partial charge in [-0.1, -0.05) is 6.07 Å². The van der Waals surface area contributed by atoms with Gasteiger partial charge in [-0.05, 0) is 24.6 Å². The largest absolute Gasteiger partial charge is 0.355 e. The zero-order valence-corrected chi connectivity index (χ0v) is 16.6. The highest BCUT2D eigenvalue weighted by atomic mass is 16.2. The van der Waals surface area contributed by atoms with Gasteiger partial charge in [0, 0.05) is 57.2 Å². The zero-order valence-electron chi connectivity index (χ0n) is 16.6. The molecule has 1 saturated heterocycles. The highest BCUT2D eigenvalue weighted by Gasteiger charge is 2.18. The lowest BCUT2D eigenvalue weighted by molar-refractivity contribution is -0.128. The summed E-state index contributed by atoms with van der Waals surface area (Å²) >= 11 is 0. The van der Waals surface area contributed by atoms with Crippen LogP contribution < -0.4 is 10.2 Å². The van der Waals surface area contributed by atoms with Gasteiger partial charge in [-0.15, -0.1) is 0 Å². The first kappa shape index (κ1) is 18.9. The third kappa shape index (κ3) is 4.06. The van der Waals surface area contributed by atoms with Gasteiger partial charge in [-0.3, -0.25) is 9.59 Å². The Morgan fingerprint density at radius 3 is 2.79 bits per heavy atom. The van der Waals surface area contributed by atoms with Crippen LogP contribution >= 0.6 is 0 Å². The summed E-state index contributed by atoms with van der Waals surface area (Å²) in [7, 11) is 0. The van der Waals surface area contributed by atoms with Crippen LogP contribution in [0, 0.1) is 0 Å². The van der Waals surface area contributed by atoms with Crippen molar-refractivity contribution in [2.24, 2.45) is 0 Å². The molecule has 0 atom stereocenters. The lowest BCUT2D eigenvalue weighted by Crippen LogP contribution is -2.33. The van der Waals surface area contributed by atoms with Crippen molar-refractivity contribution in [3.05, 3.63) is 36.7 Å². The Balaban J connectivity index is 1.63. The molecule has 0 aromatic carbocycles. The smallest absolute Gasteiger partial charge is 0.221 e. The van der Waals surface area contributed by atoms with Crippen molar-refractivity contribution < 1.29 is 9.59 Å². The van der Waals surface area contributed by atoms with E-state index in [1.165, 1.54) is 6.92 Å². The van der Waals surface area contributed by atoms with Crippen LogP contribution in [0.4, 0.5) is 11.5 Å². The molecule has 150 valence electrons. The molecule has 1 fully saturated rings. The van der Waals surface area contributed by atoms with E-state index in [0.29, 0.717) is 12.2 Å². The molecule has 0 aliphatic carbocycles. The van der Waals surface area contributed by atoms with Crippen molar-refractivity contribution in [1.82, 2.24) is 19.9 Å². The van der Waals surface area contributed by atoms with E-state index in [4.69, 9.17) is 4.98 Å². The van der Waals surface area contributed by atoms with Crippen LogP contribution in [0.3, 0.4) is 0 Å². The monoisotopic (exact) mass is 392 g/mol. The van der Waals surface area contributed by atoms with E-state index in [-0.39, 0.29) is 11.8 Å². The average Bonchev–Trinajstić information content (AvgIpc) is 2.94. The molecule has 4 rings (SSSR count). The summed E-state index contributed by atoms with van der Waals surface area (Å²) in [6, 6.07) is 7.87. The average molecular weight is 392 g/mol. The number of hydrogen-bond acceptors (Lipinski definition) is 5. The van der Waals surface area contributed by atoms with Crippen LogP contribution in [-0.2, 0) is 9.59 Å². The Bertz CT molecular complexity index is 1060. The first-order valence-corrected chi connectivity index (χ1v) is 9.74. The number of hydrogen-bond donors (Lipinski definition) is 2. The molecule has 0 bridgehead atoms. The fourth-order valence-corrected chi connectivity index (χ4v) is 3.70. The number of nitrogens with one attached hydrogen (secondary N) is 2. The highest BCUT2D eigenvalue weighted by Crippen LogP contribution is 2.29. The standard InChI is InChI=1S/C21H24N6O2/c1-14(28)24-16-11-17-18(13-23-21(17)22-12-16)19-5-3-6-20(25-19)27-8-4-7-26(9-10-27)15(2)29/h3,5-6,11-13H,4,7-10H2,1-2H3,(H,22,23)(H,24,28). The number of nitrogens with zero attached hydrogens (tertiary/aromatic N) is 4. The Morgan fingerprint density at radius 2 is 2.00 bits per heavy atom. The summed E-state index contributed by atoms with van der Waals surface area (Å²) < 4.78 is 0. The van der Waals surface area contributed by atoms with Crippen molar-refractivity contribution in [1.29, 1.82) is 0 Å². The summed E-state index contributed by atoms with van der Waals surface area (Å²) in [4.78, 5) is 39.6. The third-order valence-electron chi connectivity index (χ3n) is 5.13. The molecule has 29 heavy (non-hydrogen) atoms. The van der Waals surface area contributed by atoms with E-state index in [9.17, 15) is 9.59 Å². The van der Waals surface area contributed by atoms with E-state index < -0.39 is 0 Å². The first-order valence-electron chi connectivity index (χ1n) is 9.74. The van der Waals surface area contributed by atoms with Crippen molar-refractivity contribution in [3.63, 3.8) is 0 Å². The number of anilines is 2. The van der Waals surface area contributed by atoms with E-state index in [2.05, 4.69) is 20.2 Å². The number of fused-ring (bicyclic) bond motifs is 1. The molecule has 1 aliphatic heterocycles. The van der Waals surface area contributed by atoms with Gasteiger partial charge in [0.25, 0.3) is 0 Å². The van der Waals surface area contributed by atoms with Gasteiger partial charge in [0.2, 0.25) is 11.8 Å². The number of amides is 2. The van der Waals surface area contributed by atoms with Crippen molar-refractivity contribution in [2.45, 2.75) is 20.3 Å². The number of pyridine rings is 2. The maximum atomic E-state index is 11.7. The van der Waals surface area contributed by atoms with Crippen LogP contribution in [0.15, 0.2) is 36.7 Å². The second-order valence-corrected chi connectivity index (χ2v) is 7.23. The summed E-state index contributed by atoms with van der Waals surface area (Å²) in [5.41, 5.74) is 3.16. The summed E-state index contributed by atoms with van der Waals surface area (Å²) in [6.45, 7) is 6.21. The van der Waals surface area contributed by atoms with Gasteiger partial charge in [0.05, 0.1) is 17.6 Å². The van der Waals surface area contributed by atoms with Crippen LogP contribution in [0.1, 0.15) is 20.3 Å². The van der Waals surface area contributed by atoms with Gasteiger partial charge in [0.1, 0.15) is 11.5 Å². The normalized spacial score (nSPS) is 14.7. The molecule has 0 radical (unpaired) electrons. The Kier molecular flexibility index (Phi) is 5.16. The second-order valence-electron chi connectivity index (χ2n) is 7.23. The number of H-pyrrole nitrogens is 1. The number of rotatable bonds is 3. The lowest BCUT2D eigenvalue weighted by atomic mass is 10.1. The molecule has 3 aromatic heterocycles. The molecule has 0 spiro atoms. The van der Waals surface area contributed by atoms with E-state index in [1.807, 2.05) is 35.4 Å². The fraction of sp³-hybridized carbons (Fsp3) is 0.333.